The zero-order valence-corrected chi connectivity index (χ0v) is 35.5. The fourth-order valence-corrected chi connectivity index (χ4v) is 14.5. The third-order valence-corrected chi connectivity index (χ3v) is 17.4. The Bertz CT molecular complexity index is 1780. The zero-order valence-electron chi connectivity index (χ0n) is 34.5. The van der Waals surface area contributed by atoms with Gasteiger partial charge in [-0.3, -0.25) is 4.79 Å². The summed E-state index contributed by atoms with van der Waals surface area (Å²) in [6.45, 7) is 14.5. The average Bonchev–Trinajstić information content (AvgIpc) is 3.69. The summed E-state index contributed by atoms with van der Waals surface area (Å²) in [5.74, 6) is 1.41. The summed E-state index contributed by atoms with van der Waals surface area (Å²) in [5, 5.41) is 5.81. The number of hydrogen-bond acceptors (Lipinski definition) is 3. The number of rotatable bonds is 17. The molecular formula is C51H63NO3Si. The lowest BCUT2D eigenvalue weighted by Gasteiger charge is -2.45. The van der Waals surface area contributed by atoms with E-state index in [0.29, 0.717) is 25.0 Å². The Kier molecular flexibility index (Phi) is 13.9. The van der Waals surface area contributed by atoms with Gasteiger partial charge in [0.15, 0.2) is 0 Å². The molecule has 294 valence electrons. The van der Waals surface area contributed by atoms with Gasteiger partial charge in [-0.2, -0.15) is 0 Å². The summed E-state index contributed by atoms with van der Waals surface area (Å²) in [4.78, 5) is 12.6. The first kappa shape index (κ1) is 41.3. The van der Waals surface area contributed by atoms with Crippen LogP contribution in [0.15, 0.2) is 152 Å². The molecule has 1 amide bonds. The van der Waals surface area contributed by atoms with Gasteiger partial charge in [0.25, 0.3) is 8.32 Å². The molecule has 0 spiro atoms. The second kappa shape index (κ2) is 18.8. The van der Waals surface area contributed by atoms with Crippen molar-refractivity contribution in [3.05, 3.63) is 168 Å². The van der Waals surface area contributed by atoms with E-state index in [9.17, 15) is 4.79 Å². The third-order valence-electron chi connectivity index (χ3n) is 12.4. The Labute approximate surface area is 338 Å². The van der Waals surface area contributed by atoms with Gasteiger partial charge < -0.3 is 14.5 Å². The maximum atomic E-state index is 12.6. The van der Waals surface area contributed by atoms with E-state index in [2.05, 4.69) is 192 Å². The van der Waals surface area contributed by atoms with Gasteiger partial charge in [0, 0.05) is 19.6 Å². The topological polar surface area (TPSA) is 47.6 Å². The molecule has 1 aliphatic rings. The Morgan fingerprint density at radius 2 is 1.16 bits per heavy atom. The highest BCUT2D eigenvalue weighted by molar-refractivity contribution is 6.99. The summed E-state index contributed by atoms with van der Waals surface area (Å²) in [7, 11) is -2.78. The van der Waals surface area contributed by atoms with Gasteiger partial charge in [0.05, 0.1) is 6.61 Å². The number of nitrogens with one attached hydrogen (secondary N) is 1. The maximum Gasteiger partial charge on any atom is 0.261 e. The summed E-state index contributed by atoms with van der Waals surface area (Å²) < 4.78 is 15.1. The van der Waals surface area contributed by atoms with E-state index >= 15 is 0 Å². The number of hydrogen-bond donors (Lipinski definition) is 1. The Morgan fingerprint density at radius 1 is 0.714 bits per heavy atom. The molecule has 1 N–H and O–H groups in total. The molecule has 5 unspecified atom stereocenters. The summed E-state index contributed by atoms with van der Waals surface area (Å²) in [6, 6.07) is 54.2. The highest BCUT2D eigenvalue weighted by Gasteiger charge is 2.51. The van der Waals surface area contributed by atoms with Crippen LogP contribution in [0.2, 0.25) is 5.04 Å². The first-order valence-electron chi connectivity index (χ1n) is 20.9. The van der Waals surface area contributed by atoms with Crippen LogP contribution in [0.1, 0.15) is 90.3 Å². The lowest BCUT2D eigenvalue weighted by atomic mass is 9.75. The molecule has 0 saturated heterocycles. The van der Waals surface area contributed by atoms with Gasteiger partial charge in [-0.05, 0) is 88.4 Å². The van der Waals surface area contributed by atoms with Crippen LogP contribution in [0.3, 0.4) is 0 Å². The number of carbonyl (C=O) groups is 1. The van der Waals surface area contributed by atoms with Gasteiger partial charge in [-0.25, -0.2) is 0 Å². The molecule has 0 aliphatic heterocycles. The Balaban J connectivity index is 1.34. The normalized spacial score (nSPS) is 17.9. The number of ether oxygens (including phenoxy) is 1. The molecule has 1 saturated carbocycles. The van der Waals surface area contributed by atoms with Crippen LogP contribution < -0.4 is 15.7 Å². The number of carbonyl (C=O) groups excluding carboxylic acids is 1. The molecule has 1 fully saturated rings. The van der Waals surface area contributed by atoms with Crippen LogP contribution in [0, 0.1) is 23.7 Å². The lowest BCUT2D eigenvalue weighted by Crippen LogP contribution is -2.67. The van der Waals surface area contributed by atoms with E-state index < -0.39 is 13.9 Å². The van der Waals surface area contributed by atoms with Crippen LogP contribution in [0.25, 0.3) is 0 Å². The summed E-state index contributed by atoms with van der Waals surface area (Å²) in [6.07, 6.45) is 5.37. The molecule has 5 atom stereocenters. The third kappa shape index (κ3) is 8.96. The van der Waals surface area contributed by atoms with Gasteiger partial charge in [-0.1, -0.05) is 186 Å². The zero-order chi connectivity index (χ0) is 39.6. The van der Waals surface area contributed by atoms with Crippen LogP contribution in [-0.2, 0) is 19.6 Å². The fourth-order valence-electron chi connectivity index (χ4n) is 9.85. The van der Waals surface area contributed by atoms with Crippen molar-refractivity contribution in [2.75, 3.05) is 13.2 Å². The predicted molar refractivity (Wildman–Crippen MR) is 235 cm³/mol. The monoisotopic (exact) mass is 765 g/mol. The lowest BCUT2D eigenvalue weighted by molar-refractivity contribution is -0.120. The van der Waals surface area contributed by atoms with E-state index in [1.54, 1.807) is 6.92 Å². The van der Waals surface area contributed by atoms with Gasteiger partial charge >= 0.3 is 0 Å². The van der Waals surface area contributed by atoms with Crippen molar-refractivity contribution in [2.24, 2.45) is 23.7 Å². The average molecular weight is 766 g/mol. The van der Waals surface area contributed by atoms with Crippen LogP contribution in [0.4, 0.5) is 0 Å². The van der Waals surface area contributed by atoms with Gasteiger partial charge in [0.1, 0.15) is 5.60 Å². The van der Waals surface area contributed by atoms with Crippen molar-refractivity contribution >= 4 is 24.6 Å². The highest BCUT2D eigenvalue weighted by atomic mass is 28.4. The van der Waals surface area contributed by atoms with Crippen LogP contribution in [-0.4, -0.2) is 33.5 Å². The molecular weight excluding hydrogens is 703 g/mol. The van der Waals surface area contributed by atoms with Crippen molar-refractivity contribution in [3.63, 3.8) is 0 Å². The van der Waals surface area contributed by atoms with Crippen molar-refractivity contribution in [1.82, 2.24) is 5.32 Å². The largest absolute Gasteiger partial charge is 0.407 e. The Hall–Kier alpha value is -4.29. The second-order valence-electron chi connectivity index (χ2n) is 17.1. The summed E-state index contributed by atoms with van der Waals surface area (Å²) in [5.41, 5.74) is 2.67. The standard InChI is InChI=1S/C51H63NO3Si/c1-7-23-48(39(2)52-40(3)53)49(38-55-56(50(4,5)6,46-30-19-11-20-31-46)47-32-21-12-22-33-47)42-35-34-41(36-42)37-54-51(43-24-13-8-14-25-43,44-26-15-9-16-27-44)45-28-17-10-18-29-45/h8-22,24-33,39,41-42,48-49H,7,23,34-38H2,1-6H3,(H,52,53). The van der Waals surface area contributed by atoms with E-state index in [4.69, 9.17) is 9.16 Å². The molecule has 5 aromatic rings. The summed E-state index contributed by atoms with van der Waals surface area (Å²) >= 11 is 0. The first-order valence-corrected chi connectivity index (χ1v) is 22.8. The first-order chi connectivity index (χ1) is 27.1. The second-order valence-corrected chi connectivity index (χ2v) is 21.4. The SMILES string of the molecule is CCCC(C(C)NC(C)=O)C(CO[Si](c1ccccc1)(c1ccccc1)C(C)(C)C)C1CCC(COC(c2ccccc2)(c2ccccc2)c2ccccc2)C1. The van der Waals surface area contributed by atoms with Gasteiger partial charge in [0.2, 0.25) is 5.91 Å². The predicted octanol–water partition coefficient (Wildman–Crippen LogP) is 10.5. The molecule has 56 heavy (non-hydrogen) atoms. The molecule has 5 heteroatoms. The molecule has 0 aromatic heterocycles. The minimum absolute atomic E-state index is 0.0297. The van der Waals surface area contributed by atoms with Crippen LogP contribution >= 0.6 is 0 Å². The Morgan fingerprint density at radius 3 is 1.57 bits per heavy atom. The minimum Gasteiger partial charge on any atom is -0.407 e. The molecule has 1 aliphatic carbocycles. The highest BCUT2D eigenvalue weighted by Crippen LogP contribution is 2.46. The van der Waals surface area contributed by atoms with Crippen molar-refractivity contribution in [3.8, 4) is 0 Å². The molecule has 0 radical (unpaired) electrons. The molecule has 6 rings (SSSR count). The van der Waals surface area contributed by atoms with E-state index in [0.717, 1.165) is 48.8 Å². The van der Waals surface area contributed by atoms with E-state index in [1.165, 1.54) is 10.4 Å². The maximum absolute atomic E-state index is 12.6. The van der Waals surface area contributed by atoms with Crippen LogP contribution in [0.5, 0.6) is 0 Å². The number of benzene rings is 5. The molecule has 0 bridgehead atoms. The molecule has 0 heterocycles. The fraction of sp³-hybridized carbons (Fsp3) is 0.392. The van der Waals surface area contributed by atoms with Crippen molar-refractivity contribution in [2.45, 2.75) is 90.3 Å². The van der Waals surface area contributed by atoms with Crippen molar-refractivity contribution in [1.29, 1.82) is 0 Å². The molecule has 5 aromatic carbocycles. The van der Waals surface area contributed by atoms with E-state index in [1.807, 2.05) is 0 Å². The van der Waals surface area contributed by atoms with Crippen molar-refractivity contribution < 1.29 is 14.0 Å². The molecule has 4 nitrogen and oxygen atoms in total. The number of amides is 1. The minimum atomic E-state index is -2.78. The smallest absolute Gasteiger partial charge is 0.261 e. The quantitative estimate of drug-likeness (QED) is 0.0758. The van der Waals surface area contributed by atoms with E-state index in [-0.39, 0.29) is 28.8 Å². The van der Waals surface area contributed by atoms with Gasteiger partial charge in [-0.15, -0.1) is 0 Å².